The molecule has 1 aliphatic heterocycles. The fourth-order valence-electron chi connectivity index (χ4n) is 2.51. The zero-order chi connectivity index (χ0) is 14.3. The number of benzene rings is 1. The maximum absolute atomic E-state index is 5.57. The average Bonchev–Trinajstić information content (AvgIpc) is 3.17. The lowest BCUT2D eigenvalue weighted by Crippen LogP contribution is -2.09. The van der Waals surface area contributed by atoms with Crippen molar-refractivity contribution in [3.05, 3.63) is 53.7 Å². The van der Waals surface area contributed by atoms with Crippen molar-refractivity contribution in [2.45, 2.75) is 38.2 Å². The van der Waals surface area contributed by atoms with Crippen LogP contribution in [0.2, 0.25) is 0 Å². The summed E-state index contributed by atoms with van der Waals surface area (Å²) in [5.74, 6) is 1.32. The fraction of sp³-hybridized carbons (Fsp3) is 0.412. The highest BCUT2D eigenvalue weighted by Gasteiger charge is 2.18. The summed E-state index contributed by atoms with van der Waals surface area (Å²) in [5.41, 5.74) is 1.34. The molecule has 1 aliphatic rings. The zero-order valence-electron chi connectivity index (χ0n) is 12.1. The smallest absolute Gasteiger partial charge is 0.250 e. The largest absolute Gasteiger partial charge is 0.378 e. The van der Waals surface area contributed by atoms with Gasteiger partial charge in [-0.2, -0.15) is 4.98 Å². The van der Waals surface area contributed by atoms with Crippen molar-refractivity contribution in [1.29, 1.82) is 0 Å². The van der Waals surface area contributed by atoms with Crippen LogP contribution in [0.4, 0.5) is 0 Å². The molecule has 0 radical (unpaired) electrons. The molecule has 1 unspecified atom stereocenters. The lowest BCUT2D eigenvalue weighted by Gasteiger charge is -2.03. The van der Waals surface area contributed by atoms with E-state index >= 15 is 0 Å². The summed E-state index contributed by atoms with van der Waals surface area (Å²) in [4.78, 5) is 4.37. The molecule has 0 spiro atoms. The molecule has 1 fully saturated rings. The second-order valence-corrected chi connectivity index (χ2v) is 5.31. The molecule has 0 bridgehead atoms. The van der Waals surface area contributed by atoms with E-state index in [0.717, 1.165) is 44.5 Å². The van der Waals surface area contributed by atoms with Gasteiger partial charge in [0.2, 0.25) is 5.89 Å². The van der Waals surface area contributed by atoms with Crippen LogP contribution in [0, 0.1) is 0 Å². The number of rotatable bonds is 6. The van der Waals surface area contributed by atoms with E-state index in [-0.39, 0.29) is 6.10 Å². The van der Waals surface area contributed by atoms with Gasteiger partial charge in [-0.15, -0.1) is 0 Å². The highest BCUT2D eigenvalue weighted by atomic mass is 16.5. The first-order chi connectivity index (χ1) is 10.4. The summed E-state index contributed by atoms with van der Waals surface area (Å²) in [5, 5.41) is 4.00. The molecule has 2 aromatic rings. The Balaban J connectivity index is 1.46. The van der Waals surface area contributed by atoms with Gasteiger partial charge in [-0.05, 0) is 37.3 Å². The topological polar surface area (TPSA) is 48.2 Å². The molecule has 0 saturated carbocycles. The molecule has 0 amide bonds. The summed E-state index contributed by atoms with van der Waals surface area (Å²) in [7, 11) is 0. The minimum atomic E-state index is 0.262. The minimum absolute atomic E-state index is 0.262. The molecule has 0 N–H and O–H groups in total. The Morgan fingerprint density at radius 3 is 2.95 bits per heavy atom. The first-order valence-corrected chi connectivity index (χ1v) is 7.55. The van der Waals surface area contributed by atoms with Crippen LogP contribution in [0.3, 0.4) is 0 Å². The van der Waals surface area contributed by atoms with Gasteiger partial charge in [-0.25, -0.2) is 0 Å². The third-order valence-corrected chi connectivity index (χ3v) is 3.62. The van der Waals surface area contributed by atoms with Gasteiger partial charge < -0.3 is 9.26 Å². The third-order valence-electron chi connectivity index (χ3n) is 3.62. The van der Waals surface area contributed by atoms with E-state index in [0.29, 0.717) is 5.89 Å². The van der Waals surface area contributed by atoms with Gasteiger partial charge in [0.25, 0.3) is 0 Å². The Hall–Kier alpha value is -1.94. The van der Waals surface area contributed by atoms with Crippen LogP contribution in [0.25, 0.3) is 6.08 Å². The monoisotopic (exact) mass is 284 g/mol. The van der Waals surface area contributed by atoms with Crippen molar-refractivity contribution < 1.29 is 9.26 Å². The van der Waals surface area contributed by atoms with Crippen molar-refractivity contribution in [3.8, 4) is 0 Å². The zero-order valence-corrected chi connectivity index (χ0v) is 12.1. The molecular formula is C17H20N2O2. The predicted molar refractivity (Wildman–Crippen MR) is 80.8 cm³/mol. The van der Waals surface area contributed by atoms with Crippen molar-refractivity contribution in [3.63, 3.8) is 0 Å². The number of nitrogens with zero attached hydrogens (tertiary/aromatic N) is 2. The highest BCUT2D eigenvalue weighted by molar-refractivity contribution is 5.37. The van der Waals surface area contributed by atoms with Gasteiger partial charge in [0.1, 0.15) is 0 Å². The van der Waals surface area contributed by atoms with Crippen molar-refractivity contribution >= 4 is 6.08 Å². The van der Waals surface area contributed by atoms with E-state index in [1.54, 1.807) is 0 Å². The Morgan fingerprint density at radius 2 is 2.14 bits per heavy atom. The minimum Gasteiger partial charge on any atom is -0.378 e. The molecule has 110 valence electrons. The molecule has 1 saturated heterocycles. The van der Waals surface area contributed by atoms with E-state index in [2.05, 4.69) is 40.5 Å². The summed E-state index contributed by atoms with van der Waals surface area (Å²) >= 11 is 0. The van der Waals surface area contributed by atoms with E-state index in [4.69, 9.17) is 9.26 Å². The van der Waals surface area contributed by atoms with Crippen LogP contribution in [0.1, 0.15) is 36.5 Å². The van der Waals surface area contributed by atoms with Gasteiger partial charge in [0.05, 0.1) is 6.10 Å². The molecular weight excluding hydrogens is 264 g/mol. The van der Waals surface area contributed by atoms with Crippen LogP contribution in [-0.4, -0.2) is 22.9 Å². The maximum atomic E-state index is 5.57. The van der Waals surface area contributed by atoms with Crippen molar-refractivity contribution in [2.24, 2.45) is 0 Å². The van der Waals surface area contributed by atoms with Crippen LogP contribution in [0.5, 0.6) is 0 Å². The van der Waals surface area contributed by atoms with Crippen LogP contribution < -0.4 is 0 Å². The van der Waals surface area contributed by atoms with E-state index in [9.17, 15) is 0 Å². The first kappa shape index (κ1) is 14.0. The van der Waals surface area contributed by atoms with Gasteiger partial charge >= 0.3 is 0 Å². The fourth-order valence-corrected chi connectivity index (χ4v) is 2.51. The number of ether oxygens (including phenoxy) is 1. The Labute approximate surface area is 124 Å². The van der Waals surface area contributed by atoms with Gasteiger partial charge in [-0.3, -0.25) is 0 Å². The van der Waals surface area contributed by atoms with Crippen LogP contribution in [-0.2, 0) is 17.6 Å². The summed E-state index contributed by atoms with van der Waals surface area (Å²) < 4.78 is 10.8. The Morgan fingerprint density at radius 1 is 1.24 bits per heavy atom. The van der Waals surface area contributed by atoms with Crippen LogP contribution >= 0.6 is 0 Å². The molecule has 1 aromatic heterocycles. The molecule has 0 aliphatic carbocycles. The Bertz CT molecular complexity index is 571. The molecule has 1 aromatic carbocycles. The summed E-state index contributed by atoms with van der Waals surface area (Å²) in [6, 6.07) is 10.4. The Kier molecular flexibility index (Phi) is 4.79. The second kappa shape index (κ2) is 7.18. The number of allylic oxidation sites excluding steroid dienone is 1. The van der Waals surface area contributed by atoms with Crippen molar-refractivity contribution in [2.75, 3.05) is 6.61 Å². The van der Waals surface area contributed by atoms with E-state index < -0.39 is 0 Å². The first-order valence-electron chi connectivity index (χ1n) is 7.55. The average molecular weight is 284 g/mol. The van der Waals surface area contributed by atoms with Crippen molar-refractivity contribution in [1.82, 2.24) is 10.1 Å². The second-order valence-electron chi connectivity index (χ2n) is 5.31. The molecule has 1 atom stereocenters. The maximum Gasteiger partial charge on any atom is 0.250 e. The highest BCUT2D eigenvalue weighted by Crippen LogP contribution is 2.16. The number of aromatic nitrogens is 2. The molecule has 3 rings (SSSR count). The van der Waals surface area contributed by atoms with Gasteiger partial charge in [0, 0.05) is 13.0 Å². The molecule has 4 heteroatoms. The summed E-state index contributed by atoms with van der Waals surface area (Å²) in [6.07, 6.45) is 9.21. The molecule has 4 nitrogen and oxygen atoms in total. The molecule has 21 heavy (non-hydrogen) atoms. The SMILES string of the molecule is C(=C\c1nc(CC2CCCO2)no1)/CCc1ccccc1. The number of aryl methyl sites for hydroxylation is 1. The lowest BCUT2D eigenvalue weighted by atomic mass is 10.1. The van der Waals surface area contributed by atoms with E-state index in [1.807, 2.05) is 12.1 Å². The quantitative estimate of drug-likeness (QED) is 0.815. The third kappa shape index (κ3) is 4.26. The van der Waals surface area contributed by atoms with Gasteiger partial charge in [0.15, 0.2) is 5.82 Å². The molecule has 2 heterocycles. The number of hydrogen-bond donors (Lipinski definition) is 0. The van der Waals surface area contributed by atoms with Crippen LogP contribution in [0.15, 0.2) is 40.9 Å². The predicted octanol–water partition coefficient (Wildman–Crippen LogP) is 3.44. The number of hydrogen-bond acceptors (Lipinski definition) is 4. The summed E-state index contributed by atoms with van der Waals surface area (Å²) in [6.45, 7) is 0.856. The normalized spacial score (nSPS) is 18.6. The lowest BCUT2D eigenvalue weighted by molar-refractivity contribution is 0.109. The van der Waals surface area contributed by atoms with Gasteiger partial charge in [-0.1, -0.05) is 41.6 Å². The standard InChI is InChI=1S/C17H20N2O2/c1-2-7-14(8-3-1)9-4-5-11-17-18-16(19-21-17)13-15-10-6-12-20-15/h1-3,5,7-8,11,15H,4,6,9-10,12-13H2/b11-5+. The van der Waals surface area contributed by atoms with E-state index in [1.165, 1.54) is 5.56 Å².